The molecule has 3 aromatic carbocycles. The van der Waals surface area contributed by atoms with Gasteiger partial charge in [0, 0.05) is 24.5 Å². The van der Waals surface area contributed by atoms with Crippen LogP contribution in [0.2, 0.25) is 5.02 Å². The minimum atomic E-state index is -3.91. The van der Waals surface area contributed by atoms with Gasteiger partial charge in [-0.25, -0.2) is 8.42 Å². The molecular weight excluding hydrogens is 562 g/mol. The normalized spacial score (nSPS) is 11.9. The standard InChI is InChI=1S/C31H38ClN3O5S/c1-5-6-17-33-31(37)28(20-24-11-8-7-9-12-24)34(21-25-13-10-14-26(32)19-25)30(36)22-35(41(4,38)39)27-18-23(2)15-16-29(27)40-3/h7-16,18-19,28H,5-6,17,20-22H2,1-4H3,(H,33,37). The number of aryl methyl sites for hydroxylation is 1. The topological polar surface area (TPSA) is 96.0 Å². The molecule has 0 fully saturated rings. The van der Waals surface area contributed by atoms with Crippen LogP contribution < -0.4 is 14.4 Å². The zero-order valence-corrected chi connectivity index (χ0v) is 25.5. The average Bonchev–Trinajstić information content (AvgIpc) is 2.93. The fraction of sp³-hybridized carbons (Fsp3) is 0.355. The van der Waals surface area contributed by atoms with E-state index in [0.29, 0.717) is 22.9 Å². The highest BCUT2D eigenvalue weighted by Gasteiger charge is 2.33. The molecule has 0 saturated heterocycles. The van der Waals surface area contributed by atoms with E-state index in [4.69, 9.17) is 16.3 Å². The van der Waals surface area contributed by atoms with Crippen LogP contribution in [0, 0.1) is 6.92 Å². The second kappa shape index (κ2) is 14.9. The predicted molar refractivity (Wildman–Crippen MR) is 164 cm³/mol. The van der Waals surface area contributed by atoms with Crippen molar-refractivity contribution in [2.45, 2.75) is 45.7 Å². The predicted octanol–water partition coefficient (Wildman–Crippen LogP) is 4.98. The van der Waals surface area contributed by atoms with Gasteiger partial charge in [-0.05, 0) is 54.3 Å². The molecule has 10 heteroatoms. The first-order valence-corrected chi connectivity index (χ1v) is 15.7. The number of carbonyl (C=O) groups excluding carboxylic acids is 2. The highest BCUT2D eigenvalue weighted by Crippen LogP contribution is 2.31. The third-order valence-corrected chi connectivity index (χ3v) is 7.99. The van der Waals surface area contributed by atoms with Crippen molar-refractivity contribution < 1.29 is 22.7 Å². The van der Waals surface area contributed by atoms with Crippen LogP contribution in [0.25, 0.3) is 0 Å². The van der Waals surface area contributed by atoms with Gasteiger partial charge in [0.1, 0.15) is 18.3 Å². The molecule has 41 heavy (non-hydrogen) atoms. The third-order valence-electron chi connectivity index (χ3n) is 6.62. The van der Waals surface area contributed by atoms with E-state index < -0.39 is 28.5 Å². The van der Waals surface area contributed by atoms with Crippen molar-refractivity contribution in [3.8, 4) is 5.75 Å². The maximum Gasteiger partial charge on any atom is 0.244 e. The summed E-state index contributed by atoms with van der Waals surface area (Å²) in [6.45, 7) is 3.86. The molecule has 0 heterocycles. The number of nitrogens with zero attached hydrogens (tertiary/aromatic N) is 2. The van der Waals surface area contributed by atoms with E-state index in [1.54, 1.807) is 36.4 Å². The highest BCUT2D eigenvalue weighted by molar-refractivity contribution is 7.92. The van der Waals surface area contributed by atoms with Crippen molar-refractivity contribution in [3.63, 3.8) is 0 Å². The summed E-state index contributed by atoms with van der Waals surface area (Å²) in [4.78, 5) is 29.3. The molecule has 0 aromatic heterocycles. The second-order valence-electron chi connectivity index (χ2n) is 9.95. The number of benzene rings is 3. The molecule has 0 aliphatic rings. The van der Waals surface area contributed by atoms with Gasteiger partial charge in [0.25, 0.3) is 0 Å². The molecule has 0 radical (unpaired) electrons. The zero-order valence-electron chi connectivity index (χ0n) is 24.0. The Balaban J connectivity index is 2.08. The Morgan fingerprint density at radius 1 is 1.00 bits per heavy atom. The van der Waals surface area contributed by atoms with Crippen LogP contribution in [-0.4, -0.2) is 57.6 Å². The summed E-state index contributed by atoms with van der Waals surface area (Å²) in [5.41, 5.74) is 2.63. The number of hydrogen-bond donors (Lipinski definition) is 1. The van der Waals surface area contributed by atoms with Gasteiger partial charge >= 0.3 is 0 Å². The Kier molecular flexibility index (Phi) is 11.6. The third kappa shape index (κ3) is 9.23. The van der Waals surface area contributed by atoms with Crippen LogP contribution in [0.5, 0.6) is 5.75 Å². The van der Waals surface area contributed by atoms with E-state index in [1.807, 2.05) is 50.2 Å². The lowest BCUT2D eigenvalue weighted by Crippen LogP contribution is -2.53. The first-order valence-electron chi connectivity index (χ1n) is 13.5. The summed E-state index contributed by atoms with van der Waals surface area (Å²) in [6, 6.07) is 20.7. The molecule has 3 aromatic rings. The monoisotopic (exact) mass is 599 g/mol. The van der Waals surface area contributed by atoms with E-state index in [9.17, 15) is 18.0 Å². The first-order chi connectivity index (χ1) is 19.5. The summed E-state index contributed by atoms with van der Waals surface area (Å²) in [6.07, 6.45) is 2.98. The summed E-state index contributed by atoms with van der Waals surface area (Å²) in [7, 11) is -2.47. The molecule has 3 rings (SSSR count). The smallest absolute Gasteiger partial charge is 0.244 e. The quantitative estimate of drug-likeness (QED) is 0.264. The van der Waals surface area contributed by atoms with Crippen molar-refractivity contribution in [3.05, 3.63) is 94.5 Å². The Labute approximate surface area is 248 Å². The van der Waals surface area contributed by atoms with E-state index in [-0.39, 0.29) is 24.6 Å². The van der Waals surface area contributed by atoms with Crippen LogP contribution in [0.3, 0.4) is 0 Å². The number of unbranched alkanes of at least 4 members (excludes halogenated alkanes) is 1. The summed E-state index contributed by atoms with van der Waals surface area (Å²) >= 11 is 6.25. The minimum Gasteiger partial charge on any atom is -0.495 e. The molecule has 2 amide bonds. The SMILES string of the molecule is CCCCNC(=O)C(Cc1ccccc1)N(Cc1cccc(Cl)c1)C(=O)CN(c1cc(C)ccc1OC)S(C)(=O)=O. The van der Waals surface area contributed by atoms with Gasteiger partial charge in [0.05, 0.1) is 19.1 Å². The van der Waals surface area contributed by atoms with Crippen molar-refractivity contribution in [2.24, 2.45) is 0 Å². The Bertz CT molecular complexity index is 1430. The van der Waals surface area contributed by atoms with Gasteiger partial charge in [0.2, 0.25) is 21.8 Å². The Hall–Kier alpha value is -3.56. The number of anilines is 1. The van der Waals surface area contributed by atoms with Gasteiger partial charge in [-0.2, -0.15) is 0 Å². The van der Waals surface area contributed by atoms with Gasteiger partial charge < -0.3 is 15.0 Å². The number of halogens is 1. The molecule has 8 nitrogen and oxygen atoms in total. The number of rotatable bonds is 14. The molecule has 1 N–H and O–H groups in total. The fourth-order valence-electron chi connectivity index (χ4n) is 4.48. The first kappa shape index (κ1) is 32.0. The van der Waals surface area contributed by atoms with Crippen LogP contribution in [0.1, 0.15) is 36.5 Å². The minimum absolute atomic E-state index is 0.0562. The molecule has 0 aliphatic heterocycles. The molecule has 0 saturated carbocycles. The van der Waals surface area contributed by atoms with Crippen LogP contribution in [-0.2, 0) is 32.6 Å². The number of carbonyl (C=O) groups is 2. The molecule has 1 unspecified atom stereocenters. The van der Waals surface area contributed by atoms with Crippen molar-refractivity contribution in [1.29, 1.82) is 0 Å². The fourth-order valence-corrected chi connectivity index (χ4v) is 5.54. The maximum atomic E-state index is 14.2. The number of sulfonamides is 1. The zero-order chi connectivity index (χ0) is 30.0. The average molecular weight is 600 g/mol. The molecule has 1 atom stereocenters. The number of ether oxygens (including phenoxy) is 1. The highest BCUT2D eigenvalue weighted by atomic mass is 35.5. The number of amides is 2. The largest absolute Gasteiger partial charge is 0.495 e. The van der Waals surface area contributed by atoms with Gasteiger partial charge in [-0.1, -0.05) is 73.5 Å². The maximum absolute atomic E-state index is 14.2. The van der Waals surface area contributed by atoms with Crippen LogP contribution >= 0.6 is 11.6 Å². The summed E-state index contributed by atoms with van der Waals surface area (Å²) < 4.78 is 32.6. The lowest BCUT2D eigenvalue weighted by Gasteiger charge is -2.34. The Morgan fingerprint density at radius 3 is 2.34 bits per heavy atom. The van der Waals surface area contributed by atoms with E-state index in [0.717, 1.165) is 34.5 Å². The van der Waals surface area contributed by atoms with Crippen LogP contribution in [0.15, 0.2) is 72.8 Å². The van der Waals surface area contributed by atoms with Gasteiger partial charge in [-0.15, -0.1) is 0 Å². The number of hydrogen-bond acceptors (Lipinski definition) is 5. The molecular formula is C31H38ClN3O5S. The van der Waals surface area contributed by atoms with Crippen molar-refractivity contribution in [1.82, 2.24) is 10.2 Å². The van der Waals surface area contributed by atoms with Gasteiger partial charge in [0.15, 0.2) is 0 Å². The molecule has 0 aliphatic carbocycles. The molecule has 0 spiro atoms. The van der Waals surface area contributed by atoms with E-state index >= 15 is 0 Å². The Morgan fingerprint density at radius 2 is 1.71 bits per heavy atom. The van der Waals surface area contributed by atoms with Crippen molar-refractivity contribution >= 4 is 39.1 Å². The lowest BCUT2D eigenvalue weighted by atomic mass is 10.0. The molecule has 220 valence electrons. The van der Waals surface area contributed by atoms with E-state index in [2.05, 4.69) is 5.32 Å². The van der Waals surface area contributed by atoms with Gasteiger partial charge in [-0.3, -0.25) is 13.9 Å². The number of nitrogens with one attached hydrogen (secondary N) is 1. The lowest BCUT2D eigenvalue weighted by molar-refractivity contribution is -0.140. The number of methoxy groups -OCH3 is 1. The van der Waals surface area contributed by atoms with Crippen LogP contribution in [0.4, 0.5) is 5.69 Å². The summed E-state index contributed by atoms with van der Waals surface area (Å²) in [5, 5.41) is 3.46. The van der Waals surface area contributed by atoms with E-state index in [1.165, 1.54) is 12.0 Å². The van der Waals surface area contributed by atoms with Crippen molar-refractivity contribution in [2.75, 3.05) is 30.8 Å². The molecule has 0 bridgehead atoms. The summed E-state index contributed by atoms with van der Waals surface area (Å²) in [5.74, 6) is -0.532. The second-order valence-corrected chi connectivity index (χ2v) is 12.3.